The highest BCUT2D eigenvalue weighted by Gasteiger charge is 2.24. The molecule has 0 aromatic heterocycles. The summed E-state index contributed by atoms with van der Waals surface area (Å²) in [5, 5.41) is 17.3. The third-order valence-electron chi connectivity index (χ3n) is 3.13. The SMILES string of the molecule is COc1cc(C(=O)O)c(N=Nc2ccc(F)cc2)c(OC)c1OC. The zero-order valence-corrected chi connectivity index (χ0v) is 13.2. The molecule has 0 aliphatic heterocycles. The fraction of sp³-hybridized carbons (Fsp3) is 0.188. The van der Waals surface area contributed by atoms with Crippen molar-refractivity contribution in [3.05, 3.63) is 41.7 Å². The van der Waals surface area contributed by atoms with Crippen molar-refractivity contribution in [2.45, 2.75) is 0 Å². The van der Waals surface area contributed by atoms with E-state index in [1.165, 1.54) is 51.7 Å². The van der Waals surface area contributed by atoms with Crippen molar-refractivity contribution in [2.75, 3.05) is 21.3 Å². The number of methoxy groups -OCH3 is 3. The lowest BCUT2D eigenvalue weighted by Gasteiger charge is -2.15. The number of hydrogen-bond acceptors (Lipinski definition) is 6. The molecule has 0 aliphatic rings. The van der Waals surface area contributed by atoms with E-state index in [0.717, 1.165) is 0 Å². The Kier molecular flexibility index (Phi) is 5.31. The van der Waals surface area contributed by atoms with Crippen molar-refractivity contribution in [3.63, 3.8) is 0 Å². The lowest BCUT2D eigenvalue weighted by atomic mass is 10.1. The number of carboxylic acids is 1. The van der Waals surface area contributed by atoms with E-state index in [0.29, 0.717) is 5.69 Å². The first kappa shape index (κ1) is 17.2. The van der Waals surface area contributed by atoms with Crippen molar-refractivity contribution in [3.8, 4) is 17.2 Å². The summed E-state index contributed by atoms with van der Waals surface area (Å²) in [4.78, 5) is 11.5. The summed E-state index contributed by atoms with van der Waals surface area (Å²) < 4.78 is 28.5. The number of azo groups is 1. The van der Waals surface area contributed by atoms with Crippen molar-refractivity contribution < 1.29 is 28.5 Å². The molecule has 126 valence electrons. The van der Waals surface area contributed by atoms with E-state index in [-0.39, 0.29) is 28.5 Å². The molecule has 0 fully saturated rings. The minimum Gasteiger partial charge on any atom is -0.493 e. The van der Waals surface area contributed by atoms with Crippen LogP contribution in [-0.2, 0) is 0 Å². The summed E-state index contributed by atoms with van der Waals surface area (Å²) in [6.07, 6.45) is 0. The van der Waals surface area contributed by atoms with Gasteiger partial charge in [0.25, 0.3) is 0 Å². The normalized spacial score (nSPS) is 10.7. The van der Waals surface area contributed by atoms with Crippen molar-refractivity contribution in [1.29, 1.82) is 0 Å². The van der Waals surface area contributed by atoms with E-state index < -0.39 is 11.8 Å². The van der Waals surface area contributed by atoms with Crippen LogP contribution in [0.25, 0.3) is 0 Å². The van der Waals surface area contributed by atoms with Crippen LogP contribution < -0.4 is 14.2 Å². The van der Waals surface area contributed by atoms with Crippen LogP contribution in [0, 0.1) is 5.82 Å². The van der Waals surface area contributed by atoms with E-state index >= 15 is 0 Å². The van der Waals surface area contributed by atoms with Gasteiger partial charge in [-0.05, 0) is 24.3 Å². The van der Waals surface area contributed by atoms with E-state index in [1.54, 1.807) is 0 Å². The minimum atomic E-state index is -1.23. The molecule has 8 heteroatoms. The zero-order valence-electron chi connectivity index (χ0n) is 13.2. The van der Waals surface area contributed by atoms with Crippen molar-refractivity contribution in [1.82, 2.24) is 0 Å². The number of carbonyl (C=O) groups is 1. The van der Waals surface area contributed by atoms with Gasteiger partial charge in [0.15, 0.2) is 11.5 Å². The first-order valence-corrected chi connectivity index (χ1v) is 6.75. The molecule has 0 heterocycles. The molecule has 0 radical (unpaired) electrons. The van der Waals surface area contributed by atoms with Crippen molar-refractivity contribution >= 4 is 17.3 Å². The molecule has 0 saturated heterocycles. The Bertz CT molecular complexity index is 775. The van der Waals surface area contributed by atoms with Gasteiger partial charge in [-0.25, -0.2) is 9.18 Å². The lowest BCUT2D eigenvalue weighted by Crippen LogP contribution is -2.02. The average molecular weight is 334 g/mol. The third-order valence-corrected chi connectivity index (χ3v) is 3.13. The molecular weight excluding hydrogens is 319 g/mol. The van der Waals surface area contributed by atoms with E-state index in [9.17, 15) is 14.3 Å². The molecule has 0 amide bonds. The summed E-state index contributed by atoms with van der Waals surface area (Å²) in [5.41, 5.74) is 0.145. The number of rotatable bonds is 6. The Labute approximate surface area is 137 Å². The summed E-state index contributed by atoms with van der Waals surface area (Å²) in [7, 11) is 4.12. The third kappa shape index (κ3) is 3.43. The summed E-state index contributed by atoms with van der Waals surface area (Å²) in [6.45, 7) is 0. The van der Waals surface area contributed by atoms with Crippen LogP contribution in [0.4, 0.5) is 15.8 Å². The highest BCUT2D eigenvalue weighted by Crippen LogP contribution is 2.47. The van der Waals surface area contributed by atoms with Gasteiger partial charge >= 0.3 is 5.97 Å². The topological polar surface area (TPSA) is 89.7 Å². The number of aromatic carboxylic acids is 1. The van der Waals surface area contributed by atoms with Crippen molar-refractivity contribution in [2.24, 2.45) is 10.2 Å². The summed E-state index contributed by atoms with van der Waals surface area (Å²) in [6, 6.07) is 6.53. The monoisotopic (exact) mass is 334 g/mol. The maximum Gasteiger partial charge on any atom is 0.338 e. The van der Waals surface area contributed by atoms with Gasteiger partial charge < -0.3 is 19.3 Å². The largest absolute Gasteiger partial charge is 0.493 e. The van der Waals surface area contributed by atoms with Gasteiger partial charge in [0.1, 0.15) is 11.5 Å². The molecule has 0 unspecified atom stereocenters. The molecule has 2 aromatic carbocycles. The Hall–Kier alpha value is -3.16. The van der Waals surface area contributed by atoms with Crippen LogP contribution >= 0.6 is 0 Å². The van der Waals surface area contributed by atoms with E-state index in [4.69, 9.17) is 14.2 Å². The number of hydrogen-bond donors (Lipinski definition) is 1. The molecule has 0 atom stereocenters. The van der Waals surface area contributed by atoms with Gasteiger partial charge in [-0.3, -0.25) is 0 Å². The second-order valence-corrected chi connectivity index (χ2v) is 4.52. The molecule has 0 bridgehead atoms. The van der Waals surface area contributed by atoms with Crippen LogP contribution in [0.5, 0.6) is 17.2 Å². The number of carboxylic acid groups (broad SMARTS) is 1. The van der Waals surface area contributed by atoms with Crippen LogP contribution in [0.2, 0.25) is 0 Å². The average Bonchev–Trinajstić information content (AvgIpc) is 2.59. The molecule has 0 aliphatic carbocycles. The predicted octanol–water partition coefficient (Wildman–Crippen LogP) is 3.97. The quantitative estimate of drug-likeness (QED) is 0.807. The molecule has 24 heavy (non-hydrogen) atoms. The Balaban J connectivity index is 2.61. The van der Waals surface area contributed by atoms with Gasteiger partial charge in [-0.15, -0.1) is 5.11 Å². The minimum absolute atomic E-state index is 0.0352. The molecule has 0 saturated carbocycles. The summed E-state index contributed by atoms with van der Waals surface area (Å²) in [5.74, 6) is -1.20. The van der Waals surface area contributed by atoms with E-state index in [1.807, 2.05) is 0 Å². The number of halogens is 1. The van der Waals surface area contributed by atoms with E-state index in [2.05, 4.69) is 10.2 Å². The highest BCUT2D eigenvalue weighted by atomic mass is 19.1. The van der Waals surface area contributed by atoms with Crippen LogP contribution in [0.15, 0.2) is 40.6 Å². The smallest absolute Gasteiger partial charge is 0.338 e. The first-order chi connectivity index (χ1) is 11.5. The Morgan fingerprint density at radius 1 is 1.00 bits per heavy atom. The zero-order chi connectivity index (χ0) is 17.7. The predicted molar refractivity (Wildman–Crippen MR) is 83.6 cm³/mol. The fourth-order valence-corrected chi connectivity index (χ4v) is 2.02. The molecular formula is C16H15FN2O5. The number of ether oxygens (including phenoxy) is 3. The molecule has 2 rings (SSSR count). The molecule has 1 N–H and O–H groups in total. The molecule has 2 aromatic rings. The molecule has 7 nitrogen and oxygen atoms in total. The van der Waals surface area contributed by atoms with Crippen LogP contribution in [-0.4, -0.2) is 32.4 Å². The summed E-state index contributed by atoms with van der Waals surface area (Å²) >= 11 is 0. The van der Waals surface area contributed by atoms with Crippen LogP contribution in [0.1, 0.15) is 10.4 Å². The second-order valence-electron chi connectivity index (χ2n) is 4.52. The maximum absolute atomic E-state index is 12.9. The highest BCUT2D eigenvalue weighted by molar-refractivity contribution is 5.97. The maximum atomic E-state index is 12.9. The standard InChI is InChI=1S/C16H15FN2O5/c1-22-12-8-11(16(20)21)13(15(24-3)14(12)23-2)19-18-10-6-4-9(17)5-7-10/h4-8H,1-3H3,(H,20,21). The number of nitrogens with zero attached hydrogens (tertiary/aromatic N) is 2. The van der Waals surface area contributed by atoms with Crippen LogP contribution in [0.3, 0.4) is 0 Å². The lowest BCUT2D eigenvalue weighted by molar-refractivity contribution is 0.0697. The van der Waals surface area contributed by atoms with Gasteiger partial charge in [0.2, 0.25) is 5.75 Å². The number of benzene rings is 2. The Morgan fingerprint density at radius 2 is 1.62 bits per heavy atom. The van der Waals surface area contributed by atoms with Gasteiger partial charge in [-0.1, -0.05) is 0 Å². The molecule has 0 spiro atoms. The first-order valence-electron chi connectivity index (χ1n) is 6.75. The van der Waals surface area contributed by atoms with Gasteiger partial charge in [-0.2, -0.15) is 5.11 Å². The second kappa shape index (κ2) is 7.40. The Morgan fingerprint density at radius 3 is 2.12 bits per heavy atom. The fourth-order valence-electron chi connectivity index (χ4n) is 2.02. The van der Waals surface area contributed by atoms with Gasteiger partial charge in [0.05, 0.1) is 32.6 Å². The van der Waals surface area contributed by atoms with Gasteiger partial charge in [0, 0.05) is 6.07 Å².